The number of sulfonamides is 1. The van der Waals surface area contributed by atoms with E-state index in [9.17, 15) is 8.42 Å². The Kier molecular flexibility index (Phi) is 4.50. The van der Waals surface area contributed by atoms with Crippen molar-refractivity contribution < 1.29 is 8.42 Å². The number of nitrogens with one attached hydrogen (secondary N) is 1. The third-order valence-electron chi connectivity index (χ3n) is 3.21. The predicted octanol–water partition coefficient (Wildman–Crippen LogP) is 1.58. The molecule has 0 aliphatic rings. The molecule has 21 heavy (non-hydrogen) atoms. The van der Waals surface area contributed by atoms with Gasteiger partial charge in [0.2, 0.25) is 10.0 Å². The summed E-state index contributed by atoms with van der Waals surface area (Å²) in [5.74, 6) is 0. The molecule has 0 aliphatic heterocycles. The molecule has 0 fully saturated rings. The van der Waals surface area contributed by atoms with E-state index in [1.807, 2.05) is 24.4 Å². The van der Waals surface area contributed by atoms with Crippen LogP contribution in [0, 0.1) is 6.92 Å². The summed E-state index contributed by atoms with van der Waals surface area (Å²) < 4.78 is 25.8. The summed E-state index contributed by atoms with van der Waals surface area (Å²) in [5, 5.41) is 0. The van der Waals surface area contributed by atoms with Crippen molar-refractivity contribution in [2.45, 2.75) is 18.4 Å². The van der Waals surface area contributed by atoms with Gasteiger partial charge in [-0.2, -0.15) is 0 Å². The van der Waals surface area contributed by atoms with Crippen molar-refractivity contribution in [2.75, 3.05) is 24.7 Å². The predicted molar refractivity (Wildman–Crippen MR) is 86.1 cm³/mol. The van der Waals surface area contributed by atoms with Crippen LogP contribution in [-0.4, -0.2) is 27.5 Å². The van der Waals surface area contributed by atoms with Gasteiger partial charge in [0.05, 0.1) is 34.0 Å². The van der Waals surface area contributed by atoms with Crippen LogP contribution in [0.25, 0.3) is 0 Å². The van der Waals surface area contributed by atoms with Gasteiger partial charge in [-0.15, -0.1) is 11.3 Å². The first kappa shape index (κ1) is 15.7. The zero-order valence-corrected chi connectivity index (χ0v) is 13.8. The number of benzene rings is 1. The smallest absolute Gasteiger partial charge is 0.240 e. The van der Waals surface area contributed by atoms with Crippen molar-refractivity contribution in [1.82, 2.24) is 9.71 Å². The molecule has 0 atom stereocenters. The maximum atomic E-state index is 11.7. The number of thiazole rings is 1. The molecule has 0 saturated heterocycles. The number of aryl methyl sites for hydroxylation is 1. The third-order valence-corrected chi connectivity index (χ3v) is 5.55. The Morgan fingerprint density at radius 2 is 2.14 bits per heavy atom. The minimum absolute atomic E-state index is 0.161. The van der Waals surface area contributed by atoms with Crippen molar-refractivity contribution in [3.05, 3.63) is 34.3 Å². The number of aromatic nitrogens is 1. The van der Waals surface area contributed by atoms with Crippen LogP contribution >= 0.6 is 11.3 Å². The first-order valence-corrected chi connectivity index (χ1v) is 8.64. The molecule has 114 valence electrons. The molecule has 2 rings (SSSR count). The molecule has 0 aliphatic carbocycles. The van der Waals surface area contributed by atoms with Gasteiger partial charge in [0.15, 0.2) is 0 Å². The first-order valence-electron chi connectivity index (χ1n) is 6.28. The molecule has 6 nitrogen and oxygen atoms in total. The highest BCUT2D eigenvalue weighted by Gasteiger charge is 2.15. The maximum absolute atomic E-state index is 11.7. The minimum atomic E-state index is -3.48. The molecule has 1 aromatic heterocycles. The van der Waals surface area contributed by atoms with Crippen LogP contribution in [-0.2, 0) is 16.6 Å². The molecular formula is C13H18N4O2S2. The van der Waals surface area contributed by atoms with Crippen LogP contribution < -0.4 is 15.4 Å². The van der Waals surface area contributed by atoms with Crippen LogP contribution in [0.2, 0.25) is 0 Å². The molecule has 2 aromatic rings. The molecular weight excluding hydrogens is 308 g/mol. The van der Waals surface area contributed by atoms with E-state index in [1.54, 1.807) is 23.5 Å². The average Bonchev–Trinajstić information content (AvgIpc) is 2.84. The summed E-state index contributed by atoms with van der Waals surface area (Å²) >= 11 is 1.59. The Hall–Kier alpha value is -1.64. The number of hydrogen-bond acceptors (Lipinski definition) is 6. The average molecular weight is 326 g/mol. The largest absolute Gasteiger partial charge is 0.397 e. The quantitative estimate of drug-likeness (QED) is 0.814. The molecule has 0 bridgehead atoms. The molecule has 3 N–H and O–H groups in total. The van der Waals surface area contributed by atoms with Crippen molar-refractivity contribution in [3.63, 3.8) is 0 Å². The fourth-order valence-electron chi connectivity index (χ4n) is 1.94. The lowest BCUT2D eigenvalue weighted by Crippen LogP contribution is -2.20. The molecule has 8 heteroatoms. The lowest BCUT2D eigenvalue weighted by atomic mass is 10.2. The lowest BCUT2D eigenvalue weighted by Gasteiger charge is -2.21. The summed E-state index contributed by atoms with van der Waals surface area (Å²) in [6, 6.07) is 4.74. The van der Waals surface area contributed by atoms with E-state index in [4.69, 9.17) is 5.73 Å². The van der Waals surface area contributed by atoms with Crippen molar-refractivity contribution >= 4 is 32.7 Å². The molecule has 1 heterocycles. The molecule has 0 unspecified atom stereocenters. The van der Waals surface area contributed by atoms with Crippen LogP contribution in [0.15, 0.2) is 28.6 Å². The van der Waals surface area contributed by atoms with Gasteiger partial charge in [-0.3, -0.25) is 0 Å². The minimum Gasteiger partial charge on any atom is -0.397 e. The second-order valence-corrected chi connectivity index (χ2v) is 7.47. The van der Waals surface area contributed by atoms with Crippen molar-refractivity contribution in [1.29, 1.82) is 0 Å². The van der Waals surface area contributed by atoms with Gasteiger partial charge in [0, 0.05) is 11.9 Å². The highest BCUT2D eigenvalue weighted by atomic mass is 32.2. The van der Waals surface area contributed by atoms with Crippen LogP contribution in [0.3, 0.4) is 0 Å². The summed E-state index contributed by atoms with van der Waals surface area (Å²) in [6.45, 7) is 2.64. The Bertz CT molecular complexity index is 740. The van der Waals surface area contributed by atoms with Gasteiger partial charge in [0.1, 0.15) is 0 Å². The lowest BCUT2D eigenvalue weighted by molar-refractivity contribution is 0.588. The summed E-state index contributed by atoms with van der Waals surface area (Å²) in [5.41, 5.74) is 10.0. The number of anilines is 2. The van der Waals surface area contributed by atoms with Gasteiger partial charge >= 0.3 is 0 Å². The molecule has 0 saturated carbocycles. The van der Waals surface area contributed by atoms with Crippen molar-refractivity contribution in [3.8, 4) is 0 Å². The Morgan fingerprint density at radius 3 is 2.67 bits per heavy atom. The van der Waals surface area contributed by atoms with Gasteiger partial charge in [-0.25, -0.2) is 18.1 Å². The van der Waals surface area contributed by atoms with E-state index in [-0.39, 0.29) is 4.90 Å². The Balaban J connectivity index is 2.27. The zero-order chi connectivity index (χ0) is 15.6. The third kappa shape index (κ3) is 3.34. The number of rotatable bonds is 5. The first-order chi connectivity index (χ1) is 9.85. The number of nitrogens with two attached hydrogens (primary N) is 1. The molecule has 0 radical (unpaired) electrons. The van der Waals surface area contributed by atoms with Gasteiger partial charge in [-0.1, -0.05) is 0 Å². The van der Waals surface area contributed by atoms with Gasteiger partial charge in [-0.05, 0) is 32.2 Å². The molecule has 1 aromatic carbocycles. The number of nitrogen functional groups attached to an aromatic ring is 1. The van der Waals surface area contributed by atoms with E-state index in [0.717, 1.165) is 16.3 Å². The SMILES string of the molecule is CNS(=O)(=O)c1ccc(N(C)Cc2scnc2C)c(N)c1. The van der Waals surface area contributed by atoms with Crippen molar-refractivity contribution in [2.24, 2.45) is 0 Å². The fourth-order valence-corrected chi connectivity index (χ4v) is 3.54. The Morgan fingerprint density at radius 1 is 1.43 bits per heavy atom. The van der Waals surface area contributed by atoms with Crippen LogP contribution in [0.4, 0.5) is 11.4 Å². The highest BCUT2D eigenvalue weighted by molar-refractivity contribution is 7.89. The normalized spacial score (nSPS) is 11.6. The summed E-state index contributed by atoms with van der Waals surface area (Å²) in [7, 11) is -0.189. The second-order valence-electron chi connectivity index (χ2n) is 4.65. The zero-order valence-electron chi connectivity index (χ0n) is 12.1. The van der Waals surface area contributed by atoms with Crippen LogP contribution in [0.5, 0.6) is 0 Å². The molecule has 0 spiro atoms. The molecule has 0 amide bonds. The topological polar surface area (TPSA) is 88.3 Å². The highest BCUT2D eigenvalue weighted by Crippen LogP contribution is 2.27. The van der Waals surface area contributed by atoms with E-state index in [1.165, 1.54) is 13.1 Å². The van der Waals surface area contributed by atoms with E-state index < -0.39 is 10.0 Å². The fraction of sp³-hybridized carbons (Fsp3) is 0.308. The van der Waals surface area contributed by atoms with Gasteiger partial charge < -0.3 is 10.6 Å². The van der Waals surface area contributed by atoms with E-state index in [0.29, 0.717) is 12.2 Å². The standard InChI is InChI=1S/C13H18N4O2S2/c1-9-13(20-8-16-9)7-17(3)12-5-4-10(6-11(12)14)21(18,19)15-2/h4-6,8,15H,7,14H2,1-3H3. The van der Waals surface area contributed by atoms with Gasteiger partial charge in [0.25, 0.3) is 0 Å². The maximum Gasteiger partial charge on any atom is 0.240 e. The van der Waals surface area contributed by atoms with E-state index >= 15 is 0 Å². The summed E-state index contributed by atoms with van der Waals surface area (Å²) in [4.78, 5) is 7.51. The Labute approximate surface area is 128 Å². The summed E-state index contributed by atoms with van der Waals surface area (Å²) in [6.07, 6.45) is 0. The number of nitrogens with zero attached hydrogens (tertiary/aromatic N) is 2. The number of hydrogen-bond donors (Lipinski definition) is 2. The second kappa shape index (κ2) is 6.00. The van der Waals surface area contributed by atoms with Crippen LogP contribution in [0.1, 0.15) is 10.6 Å². The monoisotopic (exact) mass is 326 g/mol. The van der Waals surface area contributed by atoms with E-state index in [2.05, 4.69) is 9.71 Å².